The third-order valence-electron chi connectivity index (χ3n) is 4.78. The van der Waals surface area contributed by atoms with Gasteiger partial charge in [0.05, 0.1) is 40.9 Å². The molecule has 0 amide bonds. The highest BCUT2D eigenvalue weighted by Gasteiger charge is 2.15. The van der Waals surface area contributed by atoms with E-state index in [4.69, 9.17) is 32.7 Å². The van der Waals surface area contributed by atoms with E-state index in [2.05, 4.69) is 9.97 Å². The van der Waals surface area contributed by atoms with Gasteiger partial charge in [-0.05, 0) is 48.0 Å². The maximum Gasteiger partial charge on any atom is 0.167 e. The molecule has 152 valence electrons. The van der Waals surface area contributed by atoms with Gasteiger partial charge in [0.25, 0.3) is 0 Å². The number of carbonyl (C=O) groups excluding carboxylic acids is 1. The number of carbonyl (C=O) groups is 1. The van der Waals surface area contributed by atoms with Crippen molar-refractivity contribution in [1.82, 2.24) is 9.97 Å². The molecule has 4 aromatic rings. The lowest BCUT2D eigenvalue weighted by atomic mass is 10.0. The molecule has 0 aliphatic rings. The van der Waals surface area contributed by atoms with Crippen molar-refractivity contribution in [2.75, 3.05) is 14.2 Å². The number of rotatable bonds is 6. The molecular formula is C23H18Cl2N2O3. The van der Waals surface area contributed by atoms with E-state index in [0.717, 1.165) is 16.6 Å². The highest BCUT2D eigenvalue weighted by Crippen LogP contribution is 2.34. The maximum absolute atomic E-state index is 12.9. The third-order valence-corrected chi connectivity index (χ3v) is 5.41. The van der Waals surface area contributed by atoms with Crippen LogP contribution in [0.2, 0.25) is 10.0 Å². The Hall–Kier alpha value is -3.02. The van der Waals surface area contributed by atoms with Gasteiger partial charge in [-0.1, -0.05) is 29.3 Å². The lowest BCUT2D eigenvalue weighted by Crippen LogP contribution is -2.04. The summed E-state index contributed by atoms with van der Waals surface area (Å²) in [5.41, 5.74) is 3.47. The van der Waals surface area contributed by atoms with Gasteiger partial charge in [-0.2, -0.15) is 0 Å². The molecule has 0 spiro atoms. The number of hydrogen-bond acceptors (Lipinski definition) is 4. The molecule has 3 aromatic carbocycles. The van der Waals surface area contributed by atoms with Gasteiger partial charge in [0.15, 0.2) is 5.78 Å². The first kappa shape index (κ1) is 20.3. The summed E-state index contributed by atoms with van der Waals surface area (Å²) in [5, 5.41) is 1.01. The zero-order chi connectivity index (χ0) is 21.3. The summed E-state index contributed by atoms with van der Waals surface area (Å²) in [6.07, 6.45) is 0.219. The summed E-state index contributed by atoms with van der Waals surface area (Å²) >= 11 is 12.6. The van der Waals surface area contributed by atoms with Crippen LogP contribution in [0.4, 0.5) is 0 Å². The number of H-pyrrole nitrogens is 1. The Labute approximate surface area is 183 Å². The Morgan fingerprint density at radius 2 is 1.63 bits per heavy atom. The van der Waals surface area contributed by atoms with Gasteiger partial charge in [0.1, 0.15) is 17.3 Å². The largest absolute Gasteiger partial charge is 0.497 e. The van der Waals surface area contributed by atoms with Crippen LogP contribution in [0.3, 0.4) is 0 Å². The molecule has 1 heterocycles. The highest BCUT2D eigenvalue weighted by atomic mass is 35.5. The summed E-state index contributed by atoms with van der Waals surface area (Å²) in [4.78, 5) is 20.7. The molecule has 0 saturated carbocycles. The second-order valence-corrected chi connectivity index (χ2v) is 7.55. The molecule has 1 N–H and O–H groups in total. The Kier molecular flexibility index (Phi) is 5.66. The molecule has 0 unspecified atom stereocenters. The minimum Gasteiger partial charge on any atom is -0.497 e. The maximum atomic E-state index is 12.9. The van der Waals surface area contributed by atoms with E-state index in [1.54, 1.807) is 56.7 Å². The normalized spacial score (nSPS) is 10.9. The first-order valence-electron chi connectivity index (χ1n) is 9.18. The van der Waals surface area contributed by atoms with Gasteiger partial charge in [-0.15, -0.1) is 0 Å². The van der Waals surface area contributed by atoms with Gasteiger partial charge in [-0.3, -0.25) is 4.79 Å². The molecule has 0 atom stereocenters. The predicted octanol–water partition coefficient (Wildman–Crippen LogP) is 5.98. The summed E-state index contributed by atoms with van der Waals surface area (Å²) in [6.45, 7) is 0. The predicted molar refractivity (Wildman–Crippen MR) is 119 cm³/mol. The minimum absolute atomic E-state index is 0.0286. The van der Waals surface area contributed by atoms with Crippen molar-refractivity contribution in [2.24, 2.45) is 0 Å². The summed E-state index contributed by atoms with van der Waals surface area (Å²) in [7, 11) is 3.16. The molecular weight excluding hydrogens is 423 g/mol. The third kappa shape index (κ3) is 3.99. The molecule has 0 aliphatic heterocycles. The van der Waals surface area contributed by atoms with Crippen LogP contribution in [0.25, 0.3) is 22.4 Å². The van der Waals surface area contributed by atoms with E-state index in [1.165, 1.54) is 0 Å². The number of aromatic amines is 1. The Bertz CT molecular complexity index is 1210. The van der Waals surface area contributed by atoms with Crippen LogP contribution in [-0.2, 0) is 6.42 Å². The van der Waals surface area contributed by atoms with Crippen molar-refractivity contribution in [3.63, 3.8) is 0 Å². The quantitative estimate of drug-likeness (QED) is 0.374. The van der Waals surface area contributed by atoms with Gasteiger partial charge < -0.3 is 14.5 Å². The zero-order valence-electron chi connectivity index (χ0n) is 16.3. The second kappa shape index (κ2) is 8.38. The molecule has 4 rings (SSSR count). The van der Waals surface area contributed by atoms with E-state index in [1.807, 2.05) is 12.1 Å². The fourth-order valence-corrected chi connectivity index (χ4v) is 3.86. The van der Waals surface area contributed by atoms with Crippen molar-refractivity contribution >= 4 is 40.0 Å². The van der Waals surface area contributed by atoms with Gasteiger partial charge in [0, 0.05) is 18.1 Å². The highest BCUT2D eigenvalue weighted by molar-refractivity contribution is 6.39. The number of benzene rings is 3. The van der Waals surface area contributed by atoms with Crippen molar-refractivity contribution in [1.29, 1.82) is 0 Å². The van der Waals surface area contributed by atoms with Crippen LogP contribution in [0.5, 0.6) is 11.5 Å². The lowest BCUT2D eigenvalue weighted by Gasteiger charge is -2.08. The minimum atomic E-state index is -0.0286. The Morgan fingerprint density at radius 1 is 0.967 bits per heavy atom. The van der Waals surface area contributed by atoms with Gasteiger partial charge in [-0.25, -0.2) is 4.98 Å². The average Bonchev–Trinajstić information content (AvgIpc) is 3.15. The number of imidazole rings is 1. The molecule has 1 aromatic heterocycles. The number of fused-ring (bicyclic) bond motifs is 1. The van der Waals surface area contributed by atoms with Crippen molar-refractivity contribution in [3.8, 4) is 22.9 Å². The van der Waals surface area contributed by atoms with Crippen molar-refractivity contribution in [3.05, 3.63) is 75.8 Å². The molecule has 0 radical (unpaired) electrons. The van der Waals surface area contributed by atoms with E-state index in [0.29, 0.717) is 38.5 Å². The number of methoxy groups -OCH3 is 2. The van der Waals surface area contributed by atoms with Crippen LogP contribution >= 0.6 is 23.2 Å². The van der Waals surface area contributed by atoms with Crippen LogP contribution < -0.4 is 9.47 Å². The van der Waals surface area contributed by atoms with E-state index < -0.39 is 0 Å². The fraction of sp³-hybridized carbons (Fsp3) is 0.130. The molecule has 0 aliphatic carbocycles. The number of nitrogens with zero attached hydrogens (tertiary/aromatic N) is 1. The number of ketones is 1. The summed E-state index contributed by atoms with van der Waals surface area (Å²) in [6, 6.07) is 16.1. The van der Waals surface area contributed by atoms with Gasteiger partial charge in [0.2, 0.25) is 0 Å². The van der Waals surface area contributed by atoms with Crippen LogP contribution in [0.1, 0.15) is 15.9 Å². The molecule has 0 saturated heterocycles. The molecule has 5 nitrogen and oxygen atoms in total. The number of hydrogen-bond donors (Lipinski definition) is 1. The monoisotopic (exact) mass is 440 g/mol. The topological polar surface area (TPSA) is 64.2 Å². The Balaban J connectivity index is 1.65. The van der Waals surface area contributed by atoms with Gasteiger partial charge >= 0.3 is 0 Å². The first-order valence-corrected chi connectivity index (χ1v) is 9.93. The number of aromatic nitrogens is 2. The second-order valence-electron chi connectivity index (χ2n) is 6.73. The lowest BCUT2D eigenvalue weighted by molar-refractivity contribution is 0.0993. The van der Waals surface area contributed by atoms with E-state index in [-0.39, 0.29) is 12.2 Å². The molecule has 30 heavy (non-hydrogen) atoms. The summed E-state index contributed by atoms with van der Waals surface area (Å²) in [5.74, 6) is 1.81. The van der Waals surface area contributed by atoms with E-state index >= 15 is 0 Å². The average molecular weight is 441 g/mol. The van der Waals surface area contributed by atoms with Crippen LogP contribution in [-0.4, -0.2) is 30.0 Å². The molecule has 0 bridgehead atoms. The number of Topliss-reactive ketones (excluding diaryl/α,β-unsaturated/α-hetero) is 1. The SMILES string of the molecule is COc1cc(CC(=O)c2ccc3nc(-c4c(Cl)cccc4Cl)[nH]c3c2)cc(OC)c1. The number of halogens is 2. The first-order chi connectivity index (χ1) is 14.5. The smallest absolute Gasteiger partial charge is 0.167 e. The van der Waals surface area contributed by atoms with Crippen LogP contribution in [0.15, 0.2) is 54.6 Å². The van der Waals surface area contributed by atoms with Crippen molar-refractivity contribution < 1.29 is 14.3 Å². The molecule has 0 fully saturated rings. The van der Waals surface area contributed by atoms with Crippen LogP contribution in [0, 0.1) is 0 Å². The summed E-state index contributed by atoms with van der Waals surface area (Å²) < 4.78 is 10.6. The number of nitrogens with one attached hydrogen (secondary N) is 1. The Morgan fingerprint density at radius 3 is 2.27 bits per heavy atom. The standard InChI is InChI=1S/C23H18Cl2N2O3/c1-29-15-8-13(9-16(12-15)30-2)10-21(28)14-6-7-19-20(11-14)27-23(26-19)22-17(24)4-3-5-18(22)25/h3-9,11-12H,10H2,1-2H3,(H,26,27). The molecule has 7 heteroatoms. The number of ether oxygens (including phenoxy) is 2. The zero-order valence-corrected chi connectivity index (χ0v) is 17.8. The van der Waals surface area contributed by atoms with Crippen molar-refractivity contribution in [2.45, 2.75) is 6.42 Å². The van der Waals surface area contributed by atoms with E-state index in [9.17, 15) is 4.79 Å². The fourth-order valence-electron chi connectivity index (χ4n) is 3.28.